The van der Waals surface area contributed by atoms with Crippen LogP contribution in [0.25, 0.3) is 0 Å². The van der Waals surface area contributed by atoms with Gasteiger partial charge in [-0.2, -0.15) is 0 Å². The lowest BCUT2D eigenvalue weighted by Gasteiger charge is -2.15. The Balaban J connectivity index is 0. The number of rotatable bonds is 2. The van der Waals surface area contributed by atoms with Crippen molar-refractivity contribution in [3.63, 3.8) is 0 Å². The van der Waals surface area contributed by atoms with Crippen LogP contribution in [0.3, 0.4) is 0 Å². The summed E-state index contributed by atoms with van der Waals surface area (Å²) in [5, 5.41) is -0.232. The summed E-state index contributed by atoms with van der Waals surface area (Å²) in [6.45, 7) is 6.27. The second-order valence-corrected chi connectivity index (χ2v) is 3.84. The highest BCUT2D eigenvalue weighted by molar-refractivity contribution is 6.63. The van der Waals surface area contributed by atoms with Gasteiger partial charge in [0.2, 0.25) is 5.24 Å². The van der Waals surface area contributed by atoms with E-state index in [1.807, 2.05) is 0 Å². The molecule has 0 aliphatic carbocycles. The van der Waals surface area contributed by atoms with Crippen molar-refractivity contribution in [1.82, 2.24) is 6.15 Å². The van der Waals surface area contributed by atoms with E-state index >= 15 is 0 Å². The molecule has 0 amide bonds. The third kappa shape index (κ3) is 10.8. The maximum atomic E-state index is 10.3. The zero-order valence-electron chi connectivity index (χ0n) is 6.91. The summed E-state index contributed by atoms with van der Waals surface area (Å²) in [7, 11) is 0. The van der Waals surface area contributed by atoms with Gasteiger partial charge >= 0.3 is 0 Å². The topological polar surface area (TPSA) is 52.1 Å². The largest absolute Gasteiger partial charge is 0.344 e. The molecule has 0 unspecified atom stereocenters. The number of carbonyl (C=O) groups excluding carboxylic acids is 1. The molecular formula is C7H16ClNO. The first-order chi connectivity index (χ1) is 3.92. The molecule has 0 spiro atoms. The SMILES string of the molecule is CC(C)(C)CCC(=O)Cl.N. The van der Waals surface area contributed by atoms with Crippen molar-refractivity contribution in [2.45, 2.75) is 33.6 Å². The van der Waals surface area contributed by atoms with Gasteiger partial charge in [0.15, 0.2) is 0 Å². The van der Waals surface area contributed by atoms with E-state index in [2.05, 4.69) is 20.8 Å². The van der Waals surface area contributed by atoms with E-state index in [9.17, 15) is 4.79 Å². The maximum absolute atomic E-state index is 10.3. The number of halogens is 1. The van der Waals surface area contributed by atoms with Crippen molar-refractivity contribution in [3.05, 3.63) is 0 Å². The van der Waals surface area contributed by atoms with Gasteiger partial charge in [-0.05, 0) is 23.4 Å². The molecular weight excluding hydrogens is 150 g/mol. The molecule has 0 rings (SSSR count). The summed E-state index contributed by atoms with van der Waals surface area (Å²) in [5.41, 5.74) is 0.227. The summed E-state index contributed by atoms with van der Waals surface area (Å²) in [5.74, 6) is 0. The Morgan fingerprint density at radius 3 is 1.90 bits per heavy atom. The fraction of sp³-hybridized carbons (Fsp3) is 0.857. The second kappa shape index (κ2) is 4.69. The minimum atomic E-state index is -0.232. The van der Waals surface area contributed by atoms with Crippen LogP contribution in [0.15, 0.2) is 0 Å². The normalized spacial score (nSPS) is 10.4. The van der Waals surface area contributed by atoms with Gasteiger partial charge in [0, 0.05) is 6.42 Å². The summed E-state index contributed by atoms with van der Waals surface area (Å²) in [6.07, 6.45) is 1.36. The van der Waals surface area contributed by atoms with E-state index < -0.39 is 0 Å². The Morgan fingerprint density at radius 2 is 1.80 bits per heavy atom. The molecule has 3 N–H and O–H groups in total. The quantitative estimate of drug-likeness (QED) is 0.640. The molecule has 62 valence electrons. The van der Waals surface area contributed by atoms with Crippen molar-refractivity contribution in [2.24, 2.45) is 5.41 Å². The van der Waals surface area contributed by atoms with Crippen LogP contribution in [-0.4, -0.2) is 5.24 Å². The molecule has 0 bridgehead atoms. The number of hydrogen-bond acceptors (Lipinski definition) is 2. The molecule has 0 radical (unpaired) electrons. The van der Waals surface area contributed by atoms with Crippen LogP contribution in [0.2, 0.25) is 0 Å². The van der Waals surface area contributed by atoms with Gasteiger partial charge in [0.05, 0.1) is 0 Å². The van der Waals surface area contributed by atoms with Gasteiger partial charge in [-0.1, -0.05) is 20.8 Å². The second-order valence-electron chi connectivity index (χ2n) is 3.42. The Bertz CT molecular complexity index is 107. The fourth-order valence-corrected chi connectivity index (χ4v) is 0.568. The standard InChI is InChI=1S/C7H13ClO.H3N/c1-7(2,3)5-4-6(8)9;/h4-5H2,1-3H3;1H3. The van der Waals surface area contributed by atoms with Crippen molar-refractivity contribution >= 4 is 16.8 Å². The highest BCUT2D eigenvalue weighted by Gasteiger charge is 2.10. The van der Waals surface area contributed by atoms with Gasteiger partial charge in [0.1, 0.15) is 0 Å². The van der Waals surface area contributed by atoms with Crippen molar-refractivity contribution < 1.29 is 4.79 Å². The number of hydrogen-bond donors (Lipinski definition) is 1. The Hall–Kier alpha value is -0.0800. The van der Waals surface area contributed by atoms with E-state index in [0.29, 0.717) is 6.42 Å². The molecule has 10 heavy (non-hydrogen) atoms. The highest BCUT2D eigenvalue weighted by atomic mass is 35.5. The lowest BCUT2D eigenvalue weighted by atomic mass is 9.91. The molecule has 0 fully saturated rings. The van der Waals surface area contributed by atoms with Crippen molar-refractivity contribution in [3.8, 4) is 0 Å². The summed E-state index contributed by atoms with van der Waals surface area (Å²) < 4.78 is 0. The predicted molar refractivity (Wildman–Crippen MR) is 44.6 cm³/mol. The van der Waals surface area contributed by atoms with E-state index in [1.54, 1.807) is 0 Å². The smallest absolute Gasteiger partial charge is 0.221 e. The minimum Gasteiger partial charge on any atom is -0.344 e. The van der Waals surface area contributed by atoms with E-state index in [-0.39, 0.29) is 16.8 Å². The van der Waals surface area contributed by atoms with Crippen LogP contribution in [0, 0.1) is 5.41 Å². The summed E-state index contributed by atoms with van der Waals surface area (Å²) in [4.78, 5) is 10.3. The van der Waals surface area contributed by atoms with Crippen LogP contribution >= 0.6 is 11.6 Å². The van der Waals surface area contributed by atoms with E-state index in [0.717, 1.165) is 6.42 Å². The average molecular weight is 166 g/mol. The molecule has 0 heterocycles. The van der Waals surface area contributed by atoms with Crippen LogP contribution in [0.1, 0.15) is 33.6 Å². The molecule has 2 nitrogen and oxygen atoms in total. The molecule has 3 heteroatoms. The lowest BCUT2D eigenvalue weighted by Crippen LogP contribution is -2.05. The molecule has 0 saturated heterocycles. The first kappa shape index (κ1) is 12.6. The van der Waals surface area contributed by atoms with Gasteiger partial charge < -0.3 is 6.15 Å². The van der Waals surface area contributed by atoms with E-state index in [1.165, 1.54) is 0 Å². The monoisotopic (exact) mass is 165 g/mol. The lowest BCUT2D eigenvalue weighted by molar-refractivity contribution is -0.112. The molecule has 0 aromatic heterocycles. The number of carbonyl (C=O) groups is 1. The van der Waals surface area contributed by atoms with Crippen LogP contribution in [0.4, 0.5) is 0 Å². The van der Waals surface area contributed by atoms with E-state index in [4.69, 9.17) is 11.6 Å². The summed E-state index contributed by atoms with van der Waals surface area (Å²) >= 11 is 5.14. The van der Waals surface area contributed by atoms with Gasteiger partial charge in [-0.25, -0.2) is 0 Å². The molecule has 0 aromatic carbocycles. The zero-order chi connectivity index (χ0) is 7.49. The van der Waals surface area contributed by atoms with Crippen molar-refractivity contribution in [2.75, 3.05) is 0 Å². The Labute approximate surface area is 67.5 Å². The highest BCUT2D eigenvalue weighted by Crippen LogP contribution is 2.20. The molecule has 0 saturated carbocycles. The molecule has 0 aromatic rings. The average Bonchev–Trinajstić information content (AvgIpc) is 1.59. The van der Waals surface area contributed by atoms with Gasteiger partial charge in [-0.15, -0.1) is 0 Å². The zero-order valence-corrected chi connectivity index (χ0v) is 7.66. The van der Waals surface area contributed by atoms with Crippen LogP contribution in [-0.2, 0) is 4.79 Å². The fourth-order valence-electron chi connectivity index (χ4n) is 0.473. The Kier molecular flexibility index (Phi) is 5.90. The van der Waals surface area contributed by atoms with Crippen LogP contribution in [0.5, 0.6) is 0 Å². The summed E-state index contributed by atoms with van der Waals surface area (Å²) in [6, 6.07) is 0. The van der Waals surface area contributed by atoms with Crippen LogP contribution < -0.4 is 6.15 Å². The minimum absolute atomic E-state index is 0. The third-order valence-corrected chi connectivity index (χ3v) is 1.26. The first-order valence-electron chi connectivity index (χ1n) is 3.10. The van der Waals surface area contributed by atoms with Gasteiger partial charge in [0.25, 0.3) is 0 Å². The van der Waals surface area contributed by atoms with Gasteiger partial charge in [-0.3, -0.25) is 4.79 Å². The first-order valence-corrected chi connectivity index (χ1v) is 3.48. The molecule has 0 atom stereocenters. The Morgan fingerprint density at radius 1 is 1.40 bits per heavy atom. The predicted octanol–water partition coefficient (Wildman–Crippen LogP) is 2.74. The molecule has 0 aliphatic rings. The molecule has 0 aliphatic heterocycles. The third-order valence-electron chi connectivity index (χ3n) is 1.07. The maximum Gasteiger partial charge on any atom is 0.221 e. The van der Waals surface area contributed by atoms with Crippen molar-refractivity contribution in [1.29, 1.82) is 0 Å².